The average Bonchev–Trinajstić information content (AvgIpc) is 3.45. The summed E-state index contributed by atoms with van der Waals surface area (Å²) < 4.78 is 21.8. The molecule has 0 amide bonds. The molecule has 5 atom stereocenters. The number of hydrogen-bond donors (Lipinski definition) is 2. The lowest BCUT2D eigenvalue weighted by molar-refractivity contribution is -0.431. The number of nitrogens with zero attached hydrogens (tertiary/aromatic N) is 1. The summed E-state index contributed by atoms with van der Waals surface area (Å²) in [6.45, 7) is -0.310. The van der Waals surface area contributed by atoms with Crippen LogP contribution >= 0.6 is 0 Å². The normalized spacial score (nSPS) is 33.4. The van der Waals surface area contributed by atoms with E-state index in [1.165, 1.54) is 14.2 Å². The second kappa shape index (κ2) is 7.12. The van der Waals surface area contributed by atoms with E-state index in [9.17, 15) is 15.0 Å². The predicted octanol–water partition coefficient (Wildman–Crippen LogP) is 0.185. The first-order valence-corrected chi connectivity index (χ1v) is 9.15. The molecule has 27 heavy (non-hydrogen) atoms. The maximum atomic E-state index is 12.6. The van der Waals surface area contributed by atoms with Crippen molar-refractivity contribution in [3.8, 4) is 0 Å². The first-order valence-electron chi connectivity index (χ1n) is 9.15. The fourth-order valence-electron chi connectivity index (χ4n) is 4.51. The number of carbonyl (C=O) groups is 1. The van der Waals surface area contributed by atoms with E-state index in [4.69, 9.17) is 18.9 Å². The van der Waals surface area contributed by atoms with Gasteiger partial charge in [-0.3, -0.25) is 4.79 Å². The van der Waals surface area contributed by atoms with Crippen molar-refractivity contribution in [1.82, 2.24) is 4.90 Å². The van der Waals surface area contributed by atoms with Gasteiger partial charge in [-0.1, -0.05) is 30.3 Å². The summed E-state index contributed by atoms with van der Waals surface area (Å²) in [5.74, 6) is -1.15. The molecule has 4 rings (SSSR count). The first-order chi connectivity index (χ1) is 13.0. The summed E-state index contributed by atoms with van der Waals surface area (Å²) in [5.41, 5.74) is 0.727. The van der Waals surface area contributed by atoms with E-state index in [1.54, 1.807) is 17.0 Å². The molecule has 1 aromatic carbocycles. The van der Waals surface area contributed by atoms with Gasteiger partial charge in [0.1, 0.15) is 24.2 Å². The second-order valence-electron chi connectivity index (χ2n) is 7.24. The number of esters is 1. The number of methoxy groups -OCH3 is 2. The molecule has 2 bridgehead atoms. The number of aliphatic hydroxyl groups excluding tert-OH is 1. The Morgan fingerprint density at radius 1 is 1.22 bits per heavy atom. The van der Waals surface area contributed by atoms with E-state index in [1.807, 2.05) is 18.2 Å². The number of morpholine rings is 1. The number of aliphatic hydroxyl groups is 2. The molecule has 8 heteroatoms. The smallest absolute Gasteiger partial charge is 0.351 e. The lowest BCUT2D eigenvalue weighted by Crippen LogP contribution is -2.63. The number of rotatable bonds is 7. The maximum Gasteiger partial charge on any atom is 0.351 e. The lowest BCUT2D eigenvalue weighted by Gasteiger charge is -2.46. The highest BCUT2D eigenvalue weighted by Gasteiger charge is 2.69. The number of ether oxygens (including phenoxy) is 4. The van der Waals surface area contributed by atoms with Gasteiger partial charge < -0.3 is 29.2 Å². The zero-order chi connectivity index (χ0) is 19.2. The molecule has 1 aromatic rings. The average molecular weight is 379 g/mol. The van der Waals surface area contributed by atoms with Crippen LogP contribution in [0.2, 0.25) is 0 Å². The Morgan fingerprint density at radius 3 is 2.33 bits per heavy atom. The highest BCUT2D eigenvalue weighted by Crippen LogP contribution is 2.51. The predicted molar refractivity (Wildman–Crippen MR) is 92.4 cm³/mol. The van der Waals surface area contributed by atoms with Crippen LogP contribution in [0.4, 0.5) is 0 Å². The molecule has 2 N–H and O–H groups in total. The van der Waals surface area contributed by atoms with Crippen molar-refractivity contribution in [1.29, 1.82) is 0 Å². The van der Waals surface area contributed by atoms with Crippen LogP contribution in [-0.4, -0.2) is 78.4 Å². The van der Waals surface area contributed by atoms with Crippen LogP contribution in [0, 0.1) is 0 Å². The SMILES string of the molecule is COC(O)(OC)N1C2CC(OC(=O)C(CO)c3ccccc3)CC1C1OC12. The fourth-order valence-corrected chi connectivity index (χ4v) is 4.51. The molecule has 3 saturated heterocycles. The topological polar surface area (TPSA) is 101 Å². The minimum absolute atomic E-state index is 0.0155. The van der Waals surface area contributed by atoms with Crippen LogP contribution in [0.15, 0.2) is 30.3 Å². The van der Waals surface area contributed by atoms with Gasteiger partial charge >= 0.3 is 12.1 Å². The van der Waals surface area contributed by atoms with Gasteiger partial charge in [-0.2, -0.15) is 0 Å². The van der Waals surface area contributed by atoms with E-state index in [-0.39, 0.29) is 37.0 Å². The highest BCUT2D eigenvalue weighted by molar-refractivity contribution is 5.78. The van der Waals surface area contributed by atoms with E-state index >= 15 is 0 Å². The van der Waals surface area contributed by atoms with Crippen LogP contribution in [0.5, 0.6) is 0 Å². The van der Waals surface area contributed by atoms with Crippen molar-refractivity contribution < 1.29 is 34.0 Å². The van der Waals surface area contributed by atoms with Gasteiger partial charge in [-0.25, -0.2) is 4.90 Å². The van der Waals surface area contributed by atoms with Crippen LogP contribution < -0.4 is 0 Å². The van der Waals surface area contributed by atoms with E-state index < -0.39 is 18.0 Å². The molecule has 0 radical (unpaired) electrons. The molecule has 3 aliphatic heterocycles. The van der Waals surface area contributed by atoms with Gasteiger partial charge in [0.15, 0.2) is 0 Å². The molecule has 8 nitrogen and oxygen atoms in total. The molecule has 0 spiro atoms. The summed E-state index contributed by atoms with van der Waals surface area (Å²) in [5, 5.41) is 20.3. The zero-order valence-electron chi connectivity index (χ0n) is 15.4. The Morgan fingerprint density at radius 2 is 1.81 bits per heavy atom. The third kappa shape index (κ3) is 3.16. The summed E-state index contributed by atoms with van der Waals surface area (Å²) >= 11 is 0. The van der Waals surface area contributed by atoms with Gasteiger partial charge in [0.2, 0.25) is 0 Å². The number of piperidine rings is 1. The molecule has 3 fully saturated rings. The third-order valence-corrected chi connectivity index (χ3v) is 5.85. The molecule has 3 aliphatic rings. The van der Waals surface area contributed by atoms with Gasteiger partial charge in [-0.05, 0) is 5.56 Å². The Bertz CT molecular complexity index is 662. The number of fused-ring (bicyclic) bond motifs is 5. The van der Waals surface area contributed by atoms with Crippen molar-refractivity contribution in [2.45, 2.75) is 55.3 Å². The summed E-state index contributed by atoms with van der Waals surface area (Å²) in [6.07, 6.45) is -1.15. The largest absolute Gasteiger partial charge is 0.462 e. The number of hydrogen-bond acceptors (Lipinski definition) is 8. The van der Waals surface area contributed by atoms with Crippen LogP contribution in [0.3, 0.4) is 0 Å². The molecule has 0 aliphatic carbocycles. The van der Waals surface area contributed by atoms with Crippen molar-refractivity contribution in [3.63, 3.8) is 0 Å². The van der Waals surface area contributed by atoms with Crippen molar-refractivity contribution in [2.75, 3.05) is 20.8 Å². The van der Waals surface area contributed by atoms with Crippen molar-refractivity contribution >= 4 is 5.97 Å². The van der Waals surface area contributed by atoms with E-state index in [0.29, 0.717) is 12.8 Å². The van der Waals surface area contributed by atoms with E-state index in [2.05, 4.69) is 0 Å². The van der Waals surface area contributed by atoms with Gasteiger partial charge in [0, 0.05) is 39.1 Å². The molecule has 148 valence electrons. The first kappa shape index (κ1) is 18.8. The van der Waals surface area contributed by atoms with Crippen LogP contribution in [0.25, 0.3) is 0 Å². The highest BCUT2D eigenvalue weighted by atomic mass is 16.8. The van der Waals surface area contributed by atoms with Crippen molar-refractivity contribution in [2.24, 2.45) is 0 Å². The zero-order valence-corrected chi connectivity index (χ0v) is 15.4. The summed E-state index contributed by atoms with van der Waals surface area (Å²) in [7, 11) is 2.76. The molecular formula is C19H25NO7. The molecule has 3 heterocycles. The second-order valence-corrected chi connectivity index (χ2v) is 7.24. The summed E-state index contributed by atoms with van der Waals surface area (Å²) in [4.78, 5) is 14.4. The molecular weight excluding hydrogens is 354 g/mol. The minimum atomic E-state index is -1.82. The molecule has 5 unspecified atom stereocenters. The maximum absolute atomic E-state index is 12.6. The van der Waals surface area contributed by atoms with E-state index in [0.717, 1.165) is 5.56 Å². The van der Waals surface area contributed by atoms with Gasteiger partial charge in [0.25, 0.3) is 0 Å². The Labute approximate surface area is 157 Å². The lowest BCUT2D eigenvalue weighted by atomic mass is 9.97. The Kier molecular flexibility index (Phi) is 4.96. The number of carbonyl (C=O) groups excluding carboxylic acids is 1. The van der Waals surface area contributed by atoms with Gasteiger partial charge in [0.05, 0.1) is 6.61 Å². The molecule has 0 saturated carbocycles. The van der Waals surface area contributed by atoms with Gasteiger partial charge in [-0.15, -0.1) is 0 Å². The standard InChI is InChI=1S/C19H25NO7/c1-24-19(23,25-2)20-14-8-12(9-15(20)17-16(14)27-17)26-18(22)13(10-21)11-6-4-3-5-7-11/h3-7,12-17,21,23H,8-10H2,1-2H3. The number of benzene rings is 1. The monoisotopic (exact) mass is 379 g/mol. The Hall–Kier alpha value is -1.55. The third-order valence-electron chi connectivity index (χ3n) is 5.85. The summed E-state index contributed by atoms with van der Waals surface area (Å²) in [6, 6.07) is 8.77. The van der Waals surface area contributed by atoms with Crippen LogP contribution in [-0.2, 0) is 23.7 Å². The van der Waals surface area contributed by atoms with Crippen LogP contribution in [0.1, 0.15) is 24.3 Å². The minimum Gasteiger partial charge on any atom is -0.462 e. The fraction of sp³-hybridized carbons (Fsp3) is 0.632. The van der Waals surface area contributed by atoms with Crippen molar-refractivity contribution in [3.05, 3.63) is 35.9 Å². The molecule has 0 aromatic heterocycles. The quantitative estimate of drug-likeness (QED) is 0.393. The number of epoxide rings is 1. The Balaban J connectivity index is 1.45.